The standard InChI is InChI=1S/C16H22N2O2S/c1-11-10-14(4-5-15(11)13(3)19)17-16(20)12(2)18-6-8-21-9-7-18/h4-5,10,12H,6-9H2,1-3H3,(H,17,20). The molecule has 1 aromatic rings. The summed E-state index contributed by atoms with van der Waals surface area (Å²) in [5.74, 6) is 2.23. The number of nitrogens with one attached hydrogen (secondary N) is 1. The number of carbonyl (C=O) groups excluding carboxylic acids is 2. The highest BCUT2D eigenvalue weighted by atomic mass is 32.2. The van der Waals surface area contributed by atoms with E-state index < -0.39 is 0 Å². The number of aryl methyl sites for hydroxylation is 1. The van der Waals surface area contributed by atoms with Gasteiger partial charge in [-0.15, -0.1) is 0 Å². The van der Waals surface area contributed by atoms with Crippen LogP contribution >= 0.6 is 11.8 Å². The highest BCUT2D eigenvalue weighted by Crippen LogP contribution is 2.17. The number of carbonyl (C=O) groups is 2. The Kier molecular flexibility index (Phi) is 5.42. The number of thioether (sulfide) groups is 1. The minimum atomic E-state index is -0.126. The highest BCUT2D eigenvalue weighted by Gasteiger charge is 2.23. The zero-order chi connectivity index (χ0) is 15.4. The summed E-state index contributed by atoms with van der Waals surface area (Å²) in [7, 11) is 0. The number of anilines is 1. The molecule has 1 atom stereocenters. The van der Waals surface area contributed by atoms with Crippen molar-refractivity contribution in [3.8, 4) is 0 Å². The van der Waals surface area contributed by atoms with E-state index in [0.29, 0.717) is 5.56 Å². The van der Waals surface area contributed by atoms with Crippen molar-refractivity contribution in [3.05, 3.63) is 29.3 Å². The summed E-state index contributed by atoms with van der Waals surface area (Å²) in [5.41, 5.74) is 2.34. The second kappa shape index (κ2) is 7.09. The number of hydrogen-bond acceptors (Lipinski definition) is 4. The maximum atomic E-state index is 12.3. The second-order valence-electron chi connectivity index (χ2n) is 5.40. The van der Waals surface area contributed by atoms with Crippen LogP contribution in [-0.2, 0) is 4.79 Å². The van der Waals surface area contributed by atoms with Crippen molar-refractivity contribution < 1.29 is 9.59 Å². The number of hydrogen-bond donors (Lipinski definition) is 1. The van der Waals surface area contributed by atoms with Gasteiger partial charge in [0.25, 0.3) is 0 Å². The summed E-state index contributed by atoms with van der Waals surface area (Å²) in [6.45, 7) is 7.31. The van der Waals surface area contributed by atoms with Gasteiger partial charge >= 0.3 is 0 Å². The van der Waals surface area contributed by atoms with Crippen molar-refractivity contribution in [2.24, 2.45) is 0 Å². The van der Waals surface area contributed by atoms with E-state index >= 15 is 0 Å². The van der Waals surface area contributed by atoms with Gasteiger partial charge in [-0.05, 0) is 44.5 Å². The minimum Gasteiger partial charge on any atom is -0.325 e. The number of Topliss-reactive ketones (excluding diaryl/α,β-unsaturated/α-hetero) is 1. The van der Waals surface area contributed by atoms with E-state index in [1.165, 1.54) is 0 Å². The van der Waals surface area contributed by atoms with Crippen LogP contribution in [-0.4, -0.2) is 47.2 Å². The topological polar surface area (TPSA) is 49.4 Å². The van der Waals surface area contributed by atoms with Crippen LogP contribution in [0.15, 0.2) is 18.2 Å². The Morgan fingerprint density at radius 1 is 1.29 bits per heavy atom. The second-order valence-corrected chi connectivity index (χ2v) is 6.62. The summed E-state index contributed by atoms with van der Waals surface area (Å²) in [6, 6.07) is 5.29. The van der Waals surface area contributed by atoms with E-state index in [2.05, 4.69) is 10.2 Å². The third kappa shape index (κ3) is 4.08. The maximum Gasteiger partial charge on any atom is 0.241 e. The van der Waals surface area contributed by atoms with Crippen molar-refractivity contribution in [3.63, 3.8) is 0 Å². The average molecular weight is 306 g/mol. The molecule has 2 rings (SSSR count). The van der Waals surface area contributed by atoms with Gasteiger partial charge in [0, 0.05) is 35.8 Å². The van der Waals surface area contributed by atoms with Crippen molar-refractivity contribution in [1.82, 2.24) is 4.90 Å². The molecule has 1 N–H and O–H groups in total. The Morgan fingerprint density at radius 3 is 2.52 bits per heavy atom. The number of benzene rings is 1. The lowest BCUT2D eigenvalue weighted by Crippen LogP contribution is -2.46. The van der Waals surface area contributed by atoms with E-state index in [9.17, 15) is 9.59 Å². The Morgan fingerprint density at radius 2 is 1.95 bits per heavy atom. The van der Waals surface area contributed by atoms with E-state index in [-0.39, 0.29) is 17.7 Å². The van der Waals surface area contributed by atoms with E-state index in [1.54, 1.807) is 19.1 Å². The number of ketones is 1. The van der Waals surface area contributed by atoms with Crippen molar-refractivity contribution in [2.75, 3.05) is 29.9 Å². The molecule has 4 nitrogen and oxygen atoms in total. The first-order chi connectivity index (χ1) is 9.99. The first-order valence-corrected chi connectivity index (χ1v) is 8.39. The van der Waals surface area contributed by atoms with Gasteiger partial charge in [-0.1, -0.05) is 0 Å². The van der Waals surface area contributed by atoms with Crippen LogP contribution in [0.3, 0.4) is 0 Å². The fourth-order valence-electron chi connectivity index (χ4n) is 2.51. The average Bonchev–Trinajstić information content (AvgIpc) is 2.47. The van der Waals surface area contributed by atoms with Crippen molar-refractivity contribution >= 4 is 29.1 Å². The van der Waals surface area contributed by atoms with Crippen LogP contribution in [0.2, 0.25) is 0 Å². The minimum absolute atomic E-state index is 0.0110. The van der Waals surface area contributed by atoms with E-state index in [4.69, 9.17) is 0 Å². The molecule has 1 fully saturated rings. The van der Waals surface area contributed by atoms with Gasteiger partial charge in [0.1, 0.15) is 0 Å². The molecule has 1 amide bonds. The molecule has 1 aliphatic rings. The lowest BCUT2D eigenvalue weighted by Gasteiger charge is -2.31. The zero-order valence-electron chi connectivity index (χ0n) is 12.8. The van der Waals surface area contributed by atoms with Gasteiger partial charge in [-0.25, -0.2) is 0 Å². The maximum absolute atomic E-state index is 12.3. The molecule has 1 heterocycles. The van der Waals surface area contributed by atoms with Gasteiger partial charge in [0.05, 0.1) is 6.04 Å². The molecule has 21 heavy (non-hydrogen) atoms. The van der Waals surface area contributed by atoms with Crippen LogP contribution in [0.25, 0.3) is 0 Å². The summed E-state index contributed by atoms with van der Waals surface area (Å²) in [4.78, 5) is 25.9. The van der Waals surface area contributed by atoms with Crippen LogP contribution in [0.5, 0.6) is 0 Å². The SMILES string of the molecule is CC(=O)c1ccc(NC(=O)C(C)N2CCSCC2)cc1C. The monoisotopic (exact) mass is 306 g/mol. The lowest BCUT2D eigenvalue weighted by atomic mass is 10.0. The summed E-state index contributed by atoms with van der Waals surface area (Å²) in [6.07, 6.45) is 0. The number of nitrogens with zero attached hydrogens (tertiary/aromatic N) is 1. The van der Waals surface area contributed by atoms with Crippen LogP contribution in [0.4, 0.5) is 5.69 Å². The quantitative estimate of drug-likeness (QED) is 0.869. The number of amides is 1. The third-order valence-corrected chi connectivity index (χ3v) is 4.79. The number of rotatable bonds is 4. The summed E-state index contributed by atoms with van der Waals surface area (Å²) in [5, 5.41) is 2.95. The molecule has 1 aromatic carbocycles. The van der Waals surface area contributed by atoms with Gasteiger partial charge in [-0.2, -0.15) is 11.8 Å². The van der Waals surface area contributed by atoms with Gasteiger partial charge in [-0.3, -0.25) is 14.5 Å². The molecular weight excluding hydrogens is 284 g/mol. The molecule has 0 aromatic heterocycles. The highest BCUT2D eigenvalue weighted by molar-refractivity contribution is 7.99. The van der Waals surface area contributed by atoms with E-state index in [1.807, 2.05) is 31.7 Å². The Labute approximate surface area is 130 Å². The molecule has 0 bridgehead atoms. The first-order valence-electron chi connectivity index (χ1n) is 7.23. The fraction of sp³-hybridized carbons (Fsp3) is 0.500. The van der Waals surface area contributed by atoms with Gasteiger partial charge in [0.15, 0.2) is 5.78 Å². The van der Waals surface area contributed by atoms with Gasteiger partial charge < -0.3 is 5.32 Å². The normalized spacial score (nSPS) is 17.3. The third-order valence-electron chi connectivity index (χ3n) is 3.85. The lowest BCUT2D eigenvalue weighted by molar-refractivity contribution is -0.120. The molecule has 0 radical (unpaired) electrons. The van der Waals surface area contributed by atoms with Crippen LogP contribution in [0, 0.1) is 6.92 Å². The van der Waals surface area contributed by atoms with Crippen LogP contribution < -0.4 is 5.32 Å². The van der Waals surface area contributed by atoms with Crippen LogP contribution in [0.1, 0.15) is 29.8 Å². The van der Waals surface area contributed by atoms with E-state index in [0.717, 1.165) is 35.8 Å². The Hall–Kier alpha value is -1.33. The van der Waals surface area contributed by atoms with Crippen molar-refractivity contribution in [1.29, 1.82) is 0 Å². The first kappa shape index (κ1) is 16.0. The van der Waals surface area contributed by atoms with Crippen molar-refractivity contribution in [2.45, 2.75) is 26.8 Å². The largest absolute Gasteiger partial charge is 0.325 e. The molecule has 1 aliphatic heterocycles. The molecular formula is C16H22N2O2S. The molecule has 0 aliphatic carbocycles. The summed E-state index contributed by atoms with van der Waals surface area (Å²) < 4.78 is 0. The molecule has 1 saturated heterocycles. The molecule has 1 unspecified atom stereocenters. The molecule has 0 spiro atoms. The zero-order valence-corrected chi connectivity index (χ0v) is 13.6. The Bertz CT molecular complexity index is 539. The molecule has 0 saturated carbocycles. The summed E-state index contributed by atoms with van der Waals surface area (Å²) >= 11 is 1.93. The fourth-order valence-corrected chi connectivity index (χ4v) is 3.45. The predicted octanol–water partition coefficient (Wildman–Crippen LogP) is 2.57. The smallest absolute Gasteiger partial charge is 0.241 e. The van der Waals surface area contributed by atoms with Gasteiger partial charge in [0.2, 0.25) is 5.91 Å². The Balaban J connectivity index is 2.01. The predicted molar refractivity (Wildman–Crippen MR) is 88.2 cm³/mol. The molecule has 114 valence electrons. The molecule has 5 heteroatoms.